The van der Waals surface area contributed by atoms with E-state index in [4.69, 9.17) is 11.6 Å². The van der Waals surface area contributed by atoms with E-state index in [2.05, 4.69) is 20.8 Å². The molecule has 28 heavy (non-hydrogen) atoms. The summed E-state index contributed by atoms with van der Waals surface area (Å²) in [6, 6.07) is 15.2. The molecule has 1 atom stereocenters. The van der Waals surface area contributed by atoms with Gasteiger partial charge in [0.25, 0.3) is 0 Å². The van der Waals surface area contributed by atoms with Crippen LogP contribution >= 0.6 is 11.6 Å². The summed E-state index contributed by atoms with van der Waals surface area (Å²) in [4.78, 5) is 14.3. The quantitative estimate of drug-likeness (QED) is 0.686. The first-order chi connectivity index (χ1) is 13.5. The summed E-state index contributed by atoms with van der Waals surface area (Å²) >= 11 is 5.94. The molecule has 1 aliphatic rings. The Bertz CT molecular complexity index is 965. The monoisotopic (exact) mass is 396 g/mol. The molecular formula is C20H21ClN6O. The van der Waals surface area contributed by atoms with Crippen LogP contribution in [-0.4, -0.2) is 38.2 Å². The Hall–Kier alpha value is -2.93. The van der Waals surface area contributed by atoms with Gasteiger partial charge in [0.1, 0.15) is 0 Å². The number of halogens is 1. The summed E-state index contributed by atoms with van der Waals surface area (Å²) in [5.41, 5.74) is 2.66. The highest BCUT2D eigenvalue weighted by Gasteiger charge is 2.28. The molecule has 8 heteroatoms. The van der Waals surface area contributed by atoms with Crippen LogP contribution in [0.15, 0.2) is 48.5 Å². The Morgan fingerprint density at radius 3 is 2.50 bits per heavy atom. The molecule has 1 aliphatic carbocycles. The number of tetrazole rings is 1. The average molecular weight is 397 g/mol. The lowest BCUT2D eigenvalue weighted by Gasteiger charge is -2.25. The van der Waals surface area contributed by atoms with E-state index in [0.29, 0.717) is 16.8 Å². The number of benzene rings is 2. The van der Waals surface area contributed by atoms with Crippen LogP contribution in [0.5, 0.6) is 0 Å². The molecule has 1 aromatic heterocycles. The van der Waals surface area contributed by atoms with Crippen molar-refractivity contribution in [2.45, 2.75) is 31.8 Å². The second-order valence-electron chi connectivity index (χ2n) is 7.02. The molecule has 0 bridgehead atoms. The van der Waals surface area contributed by atoms with E-state index in [0.717, 1.165) is 29.8 Å². The zero-order valence-electron chi connectivity index (χ0n) is 15.7. The number of aromatic nitrogens is 4. The van der Waals surface area contributed by atoms with Gasteiger partial charge in [-0.3, -0.25) is 0 Å². The molecule has 4 rings (SSSR count). The molecule has 2 amide bonds. The Morgan fingerprint density at radius 2 is 1.86 bits per heavy atom. The fraction of sp³-hybridized carbons (Fsp3) is 0.300. The van der Waals surface area contributed by atoms with E-state index >= 15 is 0 Å². The van der Waals surface area contributed by atoms with Crippen molar-refractivity contribution in [1.29, 1.82) is 0 Å². The summed E-state index contributed by atoms with van der Waals surface area (Å²) in [5, 5.41) is 15.6. The summed E-state index contributed by atoms with van der Waals surface area (Å²) in [5.74, 6) is 0.758. The molecule has 1 heterocycles. The molecule has 1 N–H and O–H groups in total. The lowest BCUT2D eigenvalue weighted by Crippen LogP contribution is -2.33. The van der Waals surface area contributed by atoms with Gasteiger partial charge in [0.15, 0.2) is 5.82 Å². The van der Waals surface area contributed by atoms with Gasteiger partial charge in [-0.05, 0) is 72.2 Å². The van der Waals surface area contributed by atoms with Crippen LogP contribution in [0.2, 0.25) is 5.02 Å². The minimum absolute atomic E-state index is 0.0836. The highest BCUT2D eigenvalue weighted by molar-refractivity contribution is 6.30. The molecular weight excluding hydrogens is 376 g/mol. The highest BCUT2D eigenvalue weighted by atomic mass is 35.5. The summed E-state index contributed by atoms with van der Waals surface area (Å²) in [6.45, 7) is 1.98. The molecule has 1 saturated carbocycles. The van der Waals surface area contributed by atoms with Crippen LogP contribution < -0.4 is 5.32 Å². The van der Waals surface area contributed by atoms with E-state index in [-0.39, 0.29) is 12.1 Å². The van der Waals surface area contributed by atoms with Gasteiger partial charge in [0, 0.05) is 23.3 Å². The maximum atomic E-state index is 12.6. The predicted octanol–water partition coefficient (Wildman–Crippen LogP) is 4.55. The largest absolute Gasteiger partial charge is 0.322 e. The molecule has 0 unspecified atom stereocenters. The lowest BCUT2D eigenvalue weighted by molar-refractivity contribution is 0.208. The third-order valence-corrected chi connectivity index (χ3v) is 5.29. The Labute approximate surface area is 168 Å². The van der Waals surface area contributed by atoms with E-state index in [1.807, 2.05) is 60.1 Å². The van der Waals surface area contributed by atoms with Crippen molar-refractivity contribution in [2.75, 3.05) is 12.4 Å². The van der Waals surface area contributed by atoms with Crippen molar-refractivity contribution in [3.05, 3.63) is 59.1 Å². The molecule has 3 aromatic rings. The molecule has 0 saturated heterocycles. The van der Waals surface area contributed by atoms with Crippen molar-refractivity contribution in [2.24, 2.45) is 0 Å². The fourth-order valence-corrected chi connectivity index (χ4v) is 3.13. The molecule has 0 radical (unpaired) electrons. The number of nitrogens with zero attached hydrogens (tertiary/aromatic N) is 5. The first-order valence-corrected chi connectivity index (χ1v) is 9.58. The van der Waals surface area contributed by atoms with E-state index in [1.54, 1.807) is 11.9 Å². The third kappa shape index (κ3) is 3.84. The maximum Gasteiger partial charge on any atom is 0.322 e. The molecule has 0 spiro atoms. The minimum atomic E-state index is -0.182. The molecule has 144 valence electrons. The van der Waals surface area contributed by atoms with Gasteiger partial charge in [0.05, 0.1) is 12.1 Å². The Morgan fingerprint density at radius 1 is 1.18 bits per heavy atom. The first kappa shape index (κ1) is 18.4. The van der Waals surface area contributed by atoms with Gasteiger partial charge in [-0.1, -0.05) is 23.7 Å². The SMILES string of the molecule is C[C@H](c1ccc(Cl)cc1)N(C)C(=O)Nc1ccc(-c2nnnn2C2CC2)cc1. The van der Waals surface area contributed by atoms with E-state index in [9.17, 15) is 4.79 Å². The molecule has 7 nitrogen and oxygen atoms in total. The van der Waals surface area contributed by atoms with E-state index < -0.39 is 0 Å². The van der Waals surface area contributed by atoms with Crippen LogP contribution in [0.3, 0.4) is 0 Å². The van der Waals surface area contributed by atoms with Crippen LogP contribution in [0.1, 0.15) is 37.4 Å². The Balaban J connectivity index is 1.42. The summed E-state index contributed by atoms with van der Waals surface area (Å²) < 4.78 is 1.87. The summed E-state index contributed by atoms with van der Waals surface area (Å²) in [7, 11) is 1.77. The number of rotatable bonds is 5. The van der Waals surface area contributed by atoms with Crippen molar-refractivity contribution < 1.29 is 4.79 Å². The van der Waals surface area contributed by atoms with Gasteiger partial charge in [-0.25, -0.2) is 9.48 Å². The standard InChI is InChI=1S/C20H21ClN6O/c1-13(14-3-7-16(21)8-4-14)26(2)20(28)22-17-9-5-15(6-10-17)19-23-24-25-27(19)18-11-12-18/h3-10,13,18H,11-12H2,1-2H3,(H,22,28)/t13-/m1/s1. The fourth-order valence-electron chi connectivity index (χ4n) is 3.00. The van der Waals surface area contributed by atoms with Gasteiger partial charge in [-0.15, -0.1) is 5.10 Å². The van der Waals surface area contributed by atoms with Gasteiger partial charge in [-0.2, -0.15) is 0 Å². The average Bonchev–Trinajstić information content (AvgIpc) is 3.44. The topological polar surface area (TPSA) is 75.9 Å². The van der Waals surface area contributed by atoms with Crippen LogP contribution in [0, 0.1) is 0 Å². The number of hydrogen-bond donors (Lipinski definition) is 1. The predicted molar refractivity (Wildman–Crippen MR) is 108 cm³/mol. The highest BCUT2D eigenvalue weighted by Crippen LogP contribution is 2.36. The molecule has 0 aliphatic heterocycles. The second-order valence-corrected chi connectivity index (χ2v) is 7.46. The van der Waals surface area contributed by atoms with Crippen LogP contribution in [-0.2, 0) is 0 Å². The third-order valence-electron chi connectivity index (χ3n) is 5.03. The van der Waals surface area contributed by atoms with E-state index in [1.165, 1.54) is 0 Å². The normalized spacial score (nSPS) is 14.5. The van der Waals surface area contributed by atoms with Crippen LogP contribution in [0.4, 0.5) is 10.5 Å². The second kappa shape index (κ2) is 7.59. The number of carbonyl (C=O) groups is 1. The number of urea groups is 1. The van der Waals surface area contributed by atoms with Gasteiger partial charge < -0.3 is 10.2 Å². The first-order valence-electron chi connectivity index (χ1n) is 9.20. The van der Waals surface area contributed by atoms with Crippen molar-refractivity contribution in [3.8, 4) is 11.4 Å². The Kier molecular flexibility index (Phi) is 5.00. The summed E-state index contributed by atoms with van der Waals surface area (Å²) in [6.07, 6.45) is 2.23. The van der Waals surface area contributed by atoms with Crippen molar-refractivity contribution in [3.63, 3.8) is 0 Å². The number of amides is 2. The van der Waals surface area contributed by atoms with Gasteiger partial charge >= 0.3 is 6.03 Å². The minimum Gasteiger partial charge on any atom is -0.321 e. The van der Waals surface area contributed by atoms with Crippen LogP contribution in [0.25, 0.3) is 11.4 Å². The number of anilines is 1. The zero-order chi connectivity index (χ0) is 19.7. The molecule has 2 aromatic carbocycles. The van der Waals surface area contributed by atoms with Crippen molar-refractivity contribution in [1.82, 2.24) is 25.1 Å². The van der Waals surface area contributed by atoms with Crippen molar-refractivity contribution >= 4 is 23.3 Å². The maximum absolute atomic E-state index is 12.6. The lowest BCUT2D eigenvalue weighted by atomic mass is 10.1. The number of nitrogens with one attached hydrogen (secondary N) is 1. The zero-order valence-corrected chi connectivity index (χ0v) is 16.5. The smallest absolute Gasteiger partial charge is 0.321 e. The number of carbonyl (C=O) groups excluding carboxylic acids is 1. The van der Waals surface area contributed by atoms with Gasteiger partial charge in [0.2, 0.25) is 0 Å². The number of hydrogen-bond acceptors (Lipinski definition) is 4. The molecule has 1 fully saturated rings.